The highest BCUT2D eigenvalue weighted by Gasteiger charge is 2.33. The Morgan fingerprint density at radius 1 is 1.15 bits per heavy atom. The van der Waals surface area contributed by atoms with Crippen LogP contribution in [0.25, 0.3) is 0 Å². The summed E-state index contributed by atoms with van der Waals surface area (Å²) in [6.45, 7) is 8.17. The molecule has 0 heterocycles. The van der Waals surface area contributed by atoms with E-state index in [1.54, 1.807) is 18.2 Å². The molecule has 0 unspecified atom stereocenters. The number of amides is 1. The second-order valence-corrected chi connectivity index (χ2v) is 9.53. The summed E-state index contributed by atoms with van der Waals surface area (Å²) in [6, 6.07) is 14.6. The van der Waals surface area contributed by atoms with Crippen LogP contribution in [0.2, 0.25) is 0 Å². The summed E-state index contributed by atoms with van der Waals surface area (Å²) in [7, 11) is 0. The molecule has 0 aromatic heterocycles. The summed E-state index contributed by atoms with van der Waals surface area (Å²) in [5, 5.41) is 0. The summed E-state index contributed by atoms with van der Waals surface area (Å²) in [6.07, 6.45) is 0.924. The van der Waals surface area contributed by atoms with E-state index < -0.39 is 3.92 Å². The van der Waals surface area contributed by atoms with Gasteiger partial charge in [0.1, 0.15) is 0 Å². The predicted octanol–water partition coefficient (Wildman–Crippen LogP) is 7.04. The van der Waals surface area contributed by atoms with E-state index in [1.165, 1.54) is 4.31 Å². The van der Waals surface area contributed by atoms with Gasteiger partial charge in [0.25, 0.3) is 5.91 Å². The molecule has 0 saturated carbocycles. The minimum atomic E-state index is -2.63. The number of carbonyl (C=O) groups excluding carboxylic acids is 1. The van der Waals surface area contributed by atoms with Crippen LogP contribution in [0.4, 0.5) is 10.1 Å². The average Bonchev–Trinajstić information content (AvgIpc) is 2.59. The van der Waals surface area contributed by atoms with Gasteiger partial charge in [-0.2, -0.15) is 4.39 Å². The third kappa shape index (κ3) is 5.15. The minimum absolute atomic E-state index is 0.0766. The second kappa shape index (κ2) is 8.20. The average molecular weight is 414 g/mol. The van der Waals surface area contributed by atoms with Gasteiger partial charge >= 0.3 is 3.92 Å². The van der Waals surface area contributed by atoms with E-state index in [0.717, 1.165) is 17.5 Å². The van der Waals surface area contributed by atoms with Gasteiger partial charge in [-0.05, 0) is 48.1 Å². The molecule has 0 fully saturated rings. The number of hydrogen-bond acceptors (Lipinski definition) is 2. The lowest BCUT2D eigenvalue weighted by atomic mass is 9.82. The van der Waals surface area contributed by atoms with Crippen molar-refractivity contribution in [3.05, 3.63) is 65.2 Å². The molecule has 0 aliphatic heterocycles. The maximum absolute atomic E-state index is 14.0. The van der Waals surface area contributed by atoms with Crippen LogP contribution in [0.15, 0.2) is 48.5 Å². The lowest BCUT2D eigenvalue weighted by molar-refractivity contribution is 0.101. The fourth-order valence-electron chi connectivity index (χ4n) is 2.49. The molecule has 0 aliphatic rings. The molecule has 0 radical (unpaired) electrons. The maximum Gasteiger partial charge on any atom is 0.324 e. The molecule has 2 aromatic carbocycles. The minimum Gasteiger partial charge on any atom is -0.268 e. The normalized spacial score (nSPS) is 12.1. The summed E-state index contributed by atoms with van der Waals surface area (Å²) in [5.41, 5.74) is 2.77. The number of aryl methyl sites for hydroxylation is 1. The highest BCUT2D eigenvalue weighted by atomic mass is 35.5. The zero-order valence-corrected chi connectivity index (χ0v) is 17.6. The van der Waals surface area contributed by atoms with E-state index in [2.05, 4.69) is 20.8 Å². The summed E-state index contributed by atoms with van der Waals surface area (Å²) < 4.78 is 12.6. The van der Waals surface area contributed by atoms with E-state index >= 15 is 0 Å². The molecule has 0 aliphatic carbocycles. The topological polar surface area (TPSA) is 20.3 Å². The number of hydrogen-bond donors (Lipinski definition) is 0. The van der Waals surface area contributed by atoms with E-state index in [-0.39, 0.29) is 11.3 Å². The van der Waals surface area contributed by atoms with Gasteiger partial charge in [0, 0.05) is 17.5 Å². The highest BCUT2D eigenvalue weighted by molar-refractivity contribution is 8.05. The van der Waals surface area contributed by atoms with Crippen LogP contribution >= 0.6 is 35.1 Å². The van der Waals surface area contributed by atoms with Crippen LogP contribution in [-0.4, -0.2) is 9.83 Å². The van der Waals surface area contributed by atoms with Crippen molar-refractivity contribution < 1.29 is 9.18 Å². The van der Waals surface area contributed by atoms with Crippen molar-refractivity contribution in [2.45, 2.75) is 43.4 Å². The molecule has 2 nitrogen and oxygen atoms in total. The first-order chi connectivity index (χ1) is 12.0. The molecule has 0 saturated heterocycles. The Kier molecular flexibility index (Phi) is 6.65. The number of rotatable bonds is 6. The van der Waals surface area contributed by atoms with Crippen molar-refractivity contribution in [2.75, 3.05) is 4.31 Å². The first kappa shape index (κ1) is 21.1. The molecule has 0 atom stereocenters. The molecular weight excluding hydrogens is 392 g/mol. The van der Waals surface area contributed by atoms with Crippen LogP contribution in [0, 0.1) is 6.92 Å². The van der Waals surface area contributed by atoms with Crippen molar-refractivity contribution in [1.82, 2.24) is 0 Å². The van der Waals surface area contributed by atoms with Gasteiger partial charge in [-0.1, -0.05) is 74.3 Å². The lowest BCUT2D eigenvalue weighted by Crippen LogP contribution is -2.28. The number of anilines is 1. The first-order valence-corrected chi connectivity index (χ1v) is 9.84. The van der Waals surface area contributed by atoms with Gasteiger partial charge in [0.15, 0.2) is 0 Å². The number of benzene rings is 2. The second-order valence-electron chi connectivity index (χ2n) is 6.74. The van der Waals surface area contributed by atoms with Gasteiger partial charge in [0.2, 0.25) is 0 Å². The molecule has 1 amide bonds. The van der Waals surface area contributed by atoms with E-state index in [9.17, 15) is 9.18 Å². The van der Waals surface area contributed by atoms with Crippen LogP contribution in [0.3, 0.4) is 0 Å². The largest absolute Gasteiger partial charge is 0.324 e. The Bertz CT molecular complexity index is 789. The Hall–Kier alpha value is -1.23. The molecule has 0 bridgehead atoms. The van der Waals surface area contributed by atoms with E-state index in [0.29, 0.717) is 23.2 Å². The fraction of sp³-hybridized carbons (Fsp3) is 0.350. The maximum atomic E-state index is 14.0. The molecular formula is C20H22Cl2FNOS. The SMILES string of the molecule is CCC(C)(C)c1cccc(N(SC(F)(Cl)Cl)C(=O)c2ccccc2C)c1. The monoisotopic (exact) mass is 413 g/mol. The third-order valence-corrected chi connectivity index (χ3v) is 5.68. The van der Waals surface area contributed by atoms with Gasteiger partial charge in [-0.3, -0.25) is 4.79 Å². The van der Waals surface area contributed by atoms with Crippen LogP contribution in [0.5, 0.6) is 0 Å². The molecule has 2 aromatic rings. The summed E-state index contributed by atoms with van der Waals surface area (Å²) in [4.78, 5) is 13.1. The smallest absolute Gasteiger partial charge is 0.268 e. The highest BCUT2D eigenvalue weighted by Crippen LogP contribution is 2.42. The zero-order chi connectivity index (χ0) is 19.5. The van der Waals surface area contributed by atoms with Crippen molar-refractivity contribution in [1.29, 1.82) is 0 Å². The Morgan fingerprint density at radius 3 is 2.38 bits per heavy atom. The number of carbonyl (C=O) groups is 1. The van der Waals surface area contributed by atoms with Crippen LogP contribution in [0.1, 0.15) is 48.7 Å². The summed E-state index contributed by atoms with van der Waals surface area (Å²) in [5.74, 6) is -0.372. The fourth-order valence-corrected chi connectivity index (χ4v) is 3.52. The molecule has 0 spiro atoms. The molecule has 26 heavy (non-hydrogen) atoms. The van der Waals surface area contributed by atoms with Crippen molar-refractivity contribution >= 4 is 46.7 Å². The molecule has 6 heteroatoms. The number of alkyl halides is 3. The van der Waals surface area contributed by atoms with Crippen LogP contribution in [-0.2, 0) is 5.41 Å². The first-order valence-electron chi connectivity index (χ1n) is 8.31. The van der Waals surface area contributed by atoms with Crippen molar-refractivity contribution in [3.63, 3.8) is 0 Å². The van der Waals surface area contributed by atoms with Gasteiger partial charge in [-0.15, -0.1) is 0 Å². The zero-order valence-electron chi connectivity index (χ0n) is 15.2. The van der Waals surface area contributed by atoms with E-state index in [1.807, 2.05) is 37.3 Å². The standard InChI is InChI=1S/C20H22Cl2FNOS/c1-5-19(3,4)15-10-8-11-16(13-15)24(26-20(21,22)23)18(25)17-12-7-6-9-14(17)2/h6-13H,5H2,1-4H3. The summed E-state index contributed by atoms with van der Waals surface area (Å²) >= 11 is 11.6. The van der Waals surface area contributed by atoms with Crippen molar-refractivity contribution in [2.24, 2.45) is 0 Å². The van der Waals surface area contributed by atoms with Gasteiger partial charge in [0.05, 0.1) is 5.69 Å². The quantitative estimate of drug-likeness (QED) is 0.373. The Labute approximate surface area is 168 Å². The molecule has 2 rings (SSSR count). The number of nitrogens with zero attached hydrogens (tertiary/aromatic N) is 1. The van der Waals surface area contributed by atoms with Gasteiger partial charge < -0.3 is 0 Å². The van der Waals surface area contributed by atoms with Crippen molar-refractivity contribution in [3.8, 4) is 0 Å². The Balaban J connectivity index is 2.51. The van der Waals surface area contributed by atoms with Gasteiger partial charge in [-0.25, -0.2) is 4.31 Å². The molecule has 140 valence electrons. The third-order valence-electron chi connectivity index (χ3n) is 4.50. The predicted molar refractivity (Wildman–Crippen MR) is 111 cm³/mol. The van der Waals surface area contributed by atoms with E-state index in [4.69, 9.17) is 23.2 Å². The van der Waals surface area contributed by atoms with Crippen LogP contribution < -0.4 is 4.31 Å². The lowest BCUT2D eigenvalue weighted by Gasteiger charge is -2.28. The number of halogens is 3. The Morgan fingerprint density at radius 2 is 1.81 bits per heavy atom. The molecule has 0 N–H and O–H groups in total.